The number of hydrogen-bond donors (Lipinski definition) is 3. The third-order valence-corrected chi connectivity index (χ3v) is 10.7. The van der Waals surface area contributed by atoms with Crippen LogP contribution in [0.15, 0.2) is 47.8 Å². The minimum atomic E-state index is -1.36. The van der Waals surface area contributed by atoms with Crippen LogP contribution in [0.25, 0.3) is 5.57 Å². The number of amides is 3. The number of carbonyl (C=O) groups is 3. The Morgan fingerprint density at radius 1 is 1.17 bits per heavy atom. The topological polar surface area (TPSA) is 125 Å². The van der Waals surface area contributed by atoms with E-state index in [0.717, 1.165) is 25.7 Å². The molecule has 6 rings (SSSR count). The quantitative estimate of drug-likeness (QED) is 0.380. The van der Waals surface area contributed by atoms with Gasteiger partial charge in [0.15, 0.2) is 0 Å². The van der Waals surface area contributed by atoms with Crippen LogP contribution >= 0.6 is 0 Å². The molecule has 5 aliphatic carbocycles. The van der Waals surface area contributed by atoms with Gasteiger partial charge in [-0.15, -0.1) is 0 Å². The number of halogens is 1. The van der Waals surface area contributed by atoms with Crippen LogP contribution in [-0.2, 0) is 14.3 Å². The van der Waals surface area contributed by atoms with Gasteiger partial charge in [0.2, 0.25) is 17.7 Å². The molecule has 5 atom stereocenters. The first-order chi connectivity index (χ1) is 19.6. The summed E-state index contributed by atoms with van der Waals surface area (Å²) in [6.45, 7) is 2.82. The summed E-state index contributed by atoms with van der Waals surface area (Å²) in [4.78, 5) is 39.7. The van der Waals surface area contributed by atoms with Gasteiger partial charge in [-0.2, -0.15) is 0 Å². The average molecular weight is 562 g/mol. The zero-order valence-electron chi connectivity index (χ0n) is 23.9. The van der Waals surface area contributed by atoms with Gasteiger partial charge in [-0.1, -0.05) is 31.1 Å². The second-order valence-electron chi connectivity index (χ2n) is 13.3. The van der Waals surface area contributed by atoms with Crippen molar-refractivity contribution in [2.45, 2.75) is 58.3 Å². The molecule has 0 heterocycles. The molecule has 8 heteroatoms. The van der Waals surface area contributed by atoms with E-state index >= 15 is 4.39 Å². The summed E-state index contributed by atoms with van der Waals surface area (Å²) in [5.74, 6) is -1.62. The maximum absolute atomic E-state index is 15.2. The van der Waals surface area contributed by atoms with E-state index in [4.69, 9.17) is 16.2 Å². The van der Waals surface area contributed by atoms with Crippen LogP contribution in [0.2, 0.25) is 0 Å². The van der Waals surface area contributed by atoms with Gasteiger partial charge >= 0.3 is 0 Å². The van der Waals surface area contributed by atoms with E-state index in [2.05, 4.69) is 18.3 Å². The van der Waals surface area contributed by atoms with Gasteiger partial charge in [0.1, 0.15) is 17.0 Å². The SMILES string of the molecule is COC1=CC=C(c2cc(C(N)=O)ccc2F)CC1(C(N)=O)[C@H]1[C@@H](C(=O)NCC2(C)CCC2)[C@@H]2C/C(=C/C3CC3)[C@@H]1C2. The molecule has 0 radical (unpaired) electrons. The third-order valence-electron chi connectivity index (χ3n) is 10.7. The summed E-state index contributed by atoms with van der Waals surface area (Å²) >= 11 is 0. The van der Waals surface area contributed by atoms with Gasteiger partial charge in [0.05, 0.1) is 7.11 Å². The number of rotatable bonds is 9. The van der Waals surface area contributed by atoms with Gasteiger partial charge in [-0.3, -0.25) is 14.4 Å². The lowest BCUT2D eigenvalue weighted by atomic mass is 9.57. The number of ether oxygens (including phenoxy) is 1. The lowest BCUT2D eigenvalue weighted by Crippen LogP contribution is -2.54. The molecule has 0 aliphatic heterocycles. The summed E-state index contributed by atoms with van der Waals surface area (Å²) < 4.78 is 21.1. The van der Waals surface area contributed by atoms with Crippen molar-refractivity contribution in [3.63, 3.8) is 0 Å². The number of hydrogen-bond acceptors (Lipinski definition) is 4. The number of nitrogens with one attached hydrogen (secondary N) is 1. The molecule has 1 aromatic carbocycles. The van der Waals surface area contributed by atoms with E-state index in [0.29, 0.717) is 23.8 Å². The Morgan fingerprint density at radius 3 is 2.54 bits per heavy atom. The van der Waals surface area contributed by atoms with Crippen molar-refractivity contribution >= 4 is 23.3 Å². The first kappa shape index (κ1) is 27.7. The second kappa shape index (κ2) is 10.1. The number of methoxy groups -OCH3 is 1. The summed E-state index contributed by atoms with van der Waals surface area (Å²) in [6, 6.07) is 3.98. The lowest BCUT2D eigenvalue weighted by Gasteiger charge is -2.47. The Kier molecular flexibility index (Phi) is 6.86. The number of benzene rings is 1. The highest BCUT2D eigenvalue weighted by atomic mass is 19.1. The molecule has 2 bridgehead atoms. The fourth-order valence-electron chi connectivity index (χ4n) is 8.16. The van der Waals surface area contributed by atoms with E-state index < -0.39 is 34.9 Å². The highest BCUT2D eigenvalue weighted by Gasteiger charge is 2.64. The van der Waals surface area contributed by atoms with Crippen LogP contribution in [-0.4, -0.2) is 31.4 Å². The molecule has 3 amide bonds. The summed E-state index contributed by atoms with van der Waals surface area (Å²) in [6.07, 6.45) is 13.2. The molecule has 1 aromatic rings. The zero-order chi connectivity index (χ0) is 29.1. The van der Waals surface area contributed by atoms with Crippen LogP contribution < -0.4 is 16.8 Å². The normalized spacial score (nSPS) is 32.6. The van der Waals surface area contributed by atoms with Crippen LogP contribution in [0, 0.1) is 46.2 Å². The van der Waals surface area contributed by atoms with Gasteiger partial charge in [-0.25, -0.2) is 4.39 Å². The Morgan fingerprint density at radius 2 is 1.93 bits per heavy atom. The van der Waals surface area contributed by atoms with E-state index in [-0.39, 0.29) is 40.7 Å². The number of nitrogens with two attached hydrogens (primary N) is 2. The van der Waals surface area contributed by atoms with Crippen molar-refractivity contribution < 1.29 is 23.5 Å². The average Bonchev–Trinajstić information content (AvgIpc) is 3.55. The molecule has 1 unspecified atom stereocenters. The van der Waals surface area contributed by atoms with Crippen LogP contribution in [0.5, 0.6) is 0 Å². The minimum Gasteiger partial charge on any atom is -0.500 e. The van der Waals surface area contributed by atoms with Crippen molar-refractivity contribution in [3.8, 4) is 0 Å². The predicted octanol–water partition coefficient (Wildman–Crippen LogP) is 4.63. The fourth-order valence-corrected chi connectivity index (χ4v) is 8.16. The molecule has 0 aromatic heterocycles. The predicted molar refractivity (Wildman–Crippen MR) is 153 cm³/mol. The Labute approximate surface area is 240 Å². The Balaban J connectivity index is 1.42. The molecule has 7 nitrogen and oxygen atoms in total. The maximum atomic E-state index is 15.2. The molecule has 41 heavy (non-hydrogen) atoms. The summed E-state index contributed by atoms with van der Waals surface area (Å²) in [5, 5.41) is 3.25. The largest absolute Gasteiger partial charge is 0.500 e. The van der Waals surface area contributed by atoms with Crippen molar-refractivity contribution in [2.75, 3.05) is 13.7 Å². The molecular formula is C33H40FN3O4. The number of primary amides is 2. The van der Waals surface area contributed by atoms with Crippen LogP contribution in [0.4, 0.5) is 4.39 Å². The van der Waals surface area contributed by atoms with Crippen LogP contribution in [0.1, 0.15) is 74.2 Å². The second-order valence-corrected chi connectivity index (χ2v) is 13.3. The van der Waals surface area contributed by atoms with E-state index in [9.17, 15) is 14.4 Å². The van der Waals surface area contributed by atoms with Crippen molar-refractivity contribution in [3.05, 3.63) is 64.7 Å². The monoisotopic (exact) mass is 561 g/mol. The summed E-state index contributed by atoms with van der Waals surface area (Å²) in [7, 11) is 1.51. The van der Waals surface area contributed by atoms with Crippen molar-refractivity contribution in [2.24, 2.45) is 51.9 Å². The molecule has 5 N–H and O–H groups in total. The van der Waals surface area contributed by atoms with Gasteiger partial charge in [0, 0.05) is 23.6 Å². The van der Waals surface area contributed by atoms with Crippen molar-refractivity contribution in [1.82, 2.24) is 5.32 Å². The van der Waals surface area contributed by atoms with E-state index in [1.54, 1.807) is 12.2 Å². The highest BCUT2D eigenvalue weighted by Crippen LogP contribution is 2.65. The molecule has 218 valence electrons. The molecule has 5 aliphatic rings. The van der Waals surface area contributed by atoms with E-state index in [1.165, 1.54) is 50.1 Å². The number of carbonyl (C=O) groups excluding carboxylic acids is 3. The van der Waals surface area contributed by atoms with E-state index in [1.807, 2.05) is 0 Å². The molecule has 4 saturated carbocycles. The highest BCUT2D eigenvalue weighted by molar-refractivity contribution is 5.95. The van der Waals surface area contributed by atoms with Gasteiger partial charge in [-0.05, 0) is 104 Å². The Bertz CT molecular complexity index is 1390. The van der Waals surface area contributed by atoms with Gasteiger partial charge < -0.3 is 21.5 Å². The Hall–Kier alpha value is -3.42. The number of allylic oxidation sites excluding steroid dienone is 5. The van der Waals surface area contributed by atoms with Crippen molar-refractivity contribution in [1.29, 1.82) is 0 Å². The molecular weight excluding hydrogens is 521 g/mol. The first-order valence-corrected chi connectivity index (χ1v) is 14.9. The summed E-state index contributed by atoms with van der Waals surface area (Å²) in [5.41, 5.74) is 12.8. The van der Waals surface area contributed by atoms with Crippen LogP contribution in [0.3, 0.4) is 0 Å². The fraction of sp³-hybridized carbons (Fsp3) is 0.545. The maximum Gasteiger partial charge on any atom is 0.248 e. The standard InChI is InChI=1S/C33H40FN3O4/c1-32(10-3-11-32)17-37-30(39)27-22-13-21(12-18-4-5-18)24(15-22)28(27)33(31(36)40)16-20(7-9-26(33)41-2)23-14-19(29(35)38)6-8-25(23)34/h6-9,12,14,18,22,24,27-28H,3-5,10-11,13,15-17H2,1-2H3,(H2,35,38)(H2,36,40)(H,37,39)/b21-12-/t22-,24+,27+,28-,33?/m1/s1. The molecule has 4 fully saturated rings. The smallest absolute Gasteiger partial charge is 0.248 e. The number of fused-ring (bicyclic) bond motifs is 2. The molecule has 0 saturated heterocycles. The first-order valence-electron chi connectivity index (χ1n) is 14.9. The third kappa shape index (κ3) is 4.69. The zero-order valence-corrected chi connectivity index (χ0v) is 23.9. The molecule has 0 spiro atoms. The lowest BCUT2D eigenvalue weighted by molar-refractivity contribution is -0.138. The minimum absolute atomic E-state index is 0.00263. The van der Waals surface area contributed by atoms with Gasteiger partial charge in [0.25, 0.3) is 0 Å².